The number of aromatic nitrogens is 1. The standard InChI is InChI=1S/C18H17F3N2O3/c19-18(20,21)14-6-7-16(24)23(10-14)12-17(25)22-8-9-26-15(11-22)13-4-2-1-3-5-13/h1-7,10,15H,8-9,11-12H2. The third kappa shape index (κ3) is 4.13. The zero-order chi connectivity index (χ0) is 18.7. The molecule has 26 heavy (non-hydrogen) atoms. The van der Waals surface area contributed by atoms with E-state index in [2.05, 4.69) is 0 Å². The summed E-state index contributed by atoms with van der Waals surface area (Å²) in [7, 11) is 0. The van der Waals surface area contributed by atoms with E-state index in [1.807, 2.05) is 30.3 Å². The Bertz CT molecular complexity index is 834. The van der Waals surface area contributed by atoms with E-state index < -0.39 is 29.8 Å². The topological polar surface area (TPSA) is 51.5 Å². The summed E-state index contributed by atoms with van der Waals surface area (Å²) in [5, 5.41) is 0. The van der Waals surface area contributed by atoms with Crippen molar-refractivity contribution in [1.29, 1.82) is 0 Å². The van der Waals surface area contributed by atoms with Gasteiger partial charge in [0.15, 0.2) is 0 Å². The summed E-state index contributed by atoms with van der Waals surface area (Å²) >= 11 is 0. The van der Waals surface area contributed by atoms with Crippen LogP contribution in [0.25, 0.3) is 0 Å². The average molecular weight is 366 g/mol. The van der Waals surface area contributed by atoms with Crippen LogP contribution in [-0.2, 0) is 22.3 Å². The molecular formula is C18H17F3N2O3. The normalized spacial score (nSPS) is 18.0. The van der Waals surface area contributed by atoms with E-state index in [1.165, 1.54) is 4.90 Å². The zero-order valence-corrected chi connectivity index (χ0v) is 13.8. The molecule has 0 N–H and O–H groups in total. The Labute approximate surface area is 147 Å². The molecule has 2 heterocycles. The number of morpholine rings is 1. The van der Waals surface area contributed by atoms with Crippen LogP contribution < -0.4 is 5.56 Å². The van der Waals surface area contributed by atoms with Crippen LogP contribution in [0.3, 0.4) is 0 Å². The Balaban J connectivity index is 1.73. The van der Waals surface area contributed by atoms with E-state index in [9.17, 15) is 22.8 Å². The fourth-order valence-corrected chi connectivity index (χ4v) is 2.81. The summed E-state index contributed by atoms with van der Waals surface area (Å²) in [5.74, 6) is -0.421. The van der Waals surface area contributed by atoms with Gasteiger partial charge in [-0.1, -0.05) is 30.3 Å². The molecule has 1 aliphatic heterocycles. The lowest BCUT2D eigenvalue weighted by Crippen LogP contribution is -2.44. The van der Waals surface area contributed by atoms with Crippen molar-refractivity contribution >= 4 is 5.91 Å². The third-order valence-corrected chi connectivity index (χ3v) is 4.21. The first-order valence-corrected chi connectivity index (χ1v) is 8.06. The summed E-state index contributed by atoms with van der Waals surface area (Å²) in [4.78, 5) is 25.8. The largest absolute Gasteiger partial charge is 0.417 e. The van der Waals surface area contributed by atoms with Crippen molar-refractivity contribution in [3.8, 4) is 0 Å². The number of amides is 1. The van der Waals surface area contributed by atoms with Gasteiger partial charge in [-0.05, 0) is 11.6 Å². The molecule has 1 aromatic heterocycles. The first-order valence-electron chi connectivity index (χ1n) is 8.06. The second-order valence-electron chi connectivity index (χ2n) is 5.99. The van der Waals surface area contributed by atoms with Gasteiger partial charge >= 0.3 is 6.18 Å². The molecule has 8 heteroatoms. The number of carbonyl (C=O) groups is 1. The second-order valence-corrected chi connectivity index (χ2v) is 5.99. The van der Waals surface area contributed by atoms with E-state index in [1.54, 1.807) is 0 Å². The Hall–Kier alpha value is -2.61. The first-order chi connectivity index (χ1) is 12.3. The Morgan fingerprint density at radius 2 is 1.88 bits per heavy atom. The second kappa shape index (κ2) is 7.33. The summed E-state index contributed by atoms with van der Waals surface area (Å²) in [6.07, 6.45) is -4.20. The number of alkyl halides is 3. The number of ether oxygens (including phenoxy) is 1. The molecule has 0 radical (unpaired) electrons. The molecule has 1 aliphatic rings. The zero-order valence-electron chi connectivity index (χ0n) is 13.8. The summed E-state index contributed by atoms with van der Waals surface area (Å²) in [6, 6.07) is 10.9. The fourth-order valence-electron chi connectivity index (χ4n) is 2.81. The van der Waals surface area contributed by atoms with Gasteiger partial charge in [-0.25, -0.2) is 0 Å². The van der Waals surface area contributed by atoms with Crippen LogP contribution >= 0.6 is 0 Å². The number of carbonyl (C=O) groups excluding carboxylic acids is 1. The van der Waals surface area contributed by atoms with Crippen molar-refractivity contribution in [3.63, 3.8) is 0 Å². The molecule has 0 spiro atoms. The summed E-state index contributed by atoms with van der Waals surface area (Å²) in [6.45, 7) is 0.499. The first kappa shape index (κ1) is 18.2. The Morgan fingerprint density at radius 3 is 2.58 bits per heavy atom. The van der Waals surface area contributed by atoms with Gasteiger partial charge in [0.1, 0.15) is 12.6 Å². The average Bonchev–Trinajstić information content (AvgIpc) is 2.63. The Kier molecular flexibility index (Phi) is 5.13. The van der Waals surface area contributed by atoms with Crippen LogP contribution in [0.5, 0.6) is 0 Å². The van der Waals surface area contributed by atoms with Gasteiger partial charge in [0, 0.05) is 18.8 Å². The number of benzene rings is 1. The molecule has 1 unspecified atom stereocenters. The maximum Gasteiger partial charge on any atom is 0.417 e. The van der Waals surface area contributed by atoms with Gasteiger partial charge in [0.25, 0.3) is 5.56 Å². The van der Waals surface area contributed by atoms with Crippen molar-refractivity contribution in [2.75, 3.05) is 19.7 Å². The fraction of sp³-hybridized carbons (Fsp3) is 0.333. The van der Waals surface area contributed by atoms with Gasteiger partial charge in [-0.2, -0.15) is 13.2 Å². The predicted octanol–water partition coefficient (Wildman–Crippen LogP) is 2.47. The van der Waals surface area contributed by atoms with Crippen LogP contribution in [0.1, 0.15) is 17.2 Å². The van der Waals surface area contributed by atoms with Gasteiger partial charge < -0.3 is 14.2 Å². The third-order valence-electron chi connectivity index (χ3n) is 4.21. The van der Waals surface area contributed by atoms with Crippen LogP contribution in [0, 0.1) is 0 Å². The highest BCUT2D eigenvalue weighted by molar-refractivity contribution is 5.76. The molecule has 0 bridgehead atoms. The molecular weight excluding hydrogens is 349 g/mol. The quantitative estimate of drug-likeness (QED) is 0.839. The number of hydrogen-bond acceptors (Lipinski definition) is 3. The van der Waals surface area contributed by atoms with Crippen LogP contribution in [0.2, 0.25) is 0 Å². The molecule has 1 aromatic carbocycles. The maximum absolute atomic E-state index is 12.8. The van der Waals surface area contributed by atoms with E-state index in [0.29, 0.717) is 25.4 Å². The lowest BCUT2D eigenvalue weighted by atomic mass is 10.1. The number of halogens is 3. The molecule has 1 amide bonds. The van der Waals surface area contributed by atoms with E-state index in [-0.39, 0.29) is 12.6 Å². The molecule has 0 aliphatic carbocycles. The molecule has 1 atom stereocenters. The molecule has 5 nitrogen and oxygen atoms in total. The van der Waals surface area contributed by atoms with Gasteiger partial charge in [0.2, 0.25) is 5.91 Å². The molecule has 1 fully saturated rings. The number of hydrogen-bond donors (Lipinski definition) is 0. The monoisotopic (exact) mass is 366 g/mol. The summed E-state index contributed by atoms with van der Waals surface area (Å²) in [5.41, 5.74) is -0.700. The highest BCUT2D eigenvalue weighted by Gasteiger charge is 2.31. The van der Waals surface area contributed by atoms with E-state index >= 15 is 0 Å². The minimum atomic E-state index is -4.57. The van der Waals surface area contributed by atoms with E-state index in [0.717, 1.165) is 16.2 Å². The van der Waals surface area contributed by atoms with Gasteiger partial charge in [-0.3, -0.25) is 9.59 Å². The van der Waals surface area contributed by atoms with E-state index in [4.69, 9.17) is 4.74 Å². The summed E-state index contributed by atoms with van der Waals surface area (Å²) < 4.78 is 44.9. The smallest absolute Gasteiger partial charge is 0.370 e. The van der Waals surface area contributed by atoms with Crippen molar-refractivity contribution in [3.05, 3.63) is 70.1 Å². The molecule has 3 rings (SSSR count). The molecule has 2 aromatic rings. The highest BCUT2D eigenvalue weighted by atomic mass is 19.4. The maximum atomic E-state index is 12.8. The molecule has 0 saturated carbocycles. The van der Waals surface area contributed by atoms with Crippen molar-refractivity contribution in [2.24, 2.45) is 0 Å². The van der Waals surface area contributed by atoms with Crippen molar-refractivity contribution in [1.82, 2.24) is 9.47 Å². The number of rotatable bonds is 3. The van der Waals surface area contributed by atoms with Crippen molar-refractivity contribution < 1.29 is 22.7 Å². The lowest BCUT2D eigenvalue weighted by Gasteiger charge is -2.33. The SMILES string of the molecule is O=C(Cn1cc(C(F)(F)F)ccc1=O)N1CCOC(c2ccccc2)C1. The van der Waals surface area contributed by atoms with Gasteiger partial charge in [0.05, 0.1) is 18.7 Å². The van der Waals surface area contributed by atoms with Crippen LogP contribution in [0.4, 0.5) is 13.2 Å². The Morgan fingerprint density at radius 1 is 1.15 bits per heavy atom. The highest BCUT2D eigenvalue weighted by Crippen LogP contribution is 2.28. The number of pyridine rings is 1. The van der Waals surface area contributed by atoms with Crippen molar-refractivity contribution in [2.45, 2.75) is 18.8 Å². The van der Waals surface area contributed by atoms with Crippen LogP contribution in [-0.4, -0.2) is 35.1 Å². The predicted molar refractivity (Wildman–Crippen MR) is 87.4 cm³/mol. The lowest BCUT2D eigenvalue weighted by molar-refractivity contribution is -0.141. The number of nitrogens with zero attached hydrogens (tertiary/aromatic N) is 2. The molecule has 138 valence electrons. The minimum Gasteiger partial charge on any atom is -0.370 e. The molecule has 1 saturated heterocycles. The van der Waals surface area contributed by atoms with Crippen LogP contribution in [0.15, 0.2) is 53.5 Å². The minimum absolute atomic E-state index is 0.288. The van der Waals surface area contributed by atoms with Gasteiger partial charge in [-0.15, -0.1) is 0 Å².